The molecular formula is C34H34N4O4Pd. The second-order valence-electron chi connectivity index (χ2n) is 10.7. The van der Waals surface area contributed by atoms with E-state index >= 15 is 0 Å². The molecule has 8 nitrogen and oxygen atoms in total. The molecule has 2 aliphatic rings. The Bertz CT molecular complexity index is 1920. The van der Waals surface area contributed by atoms with Crippen molar-refractivity contribution in [2.45, 2.75) is 53.4 Å². The number of nitrogens with zero attached hydrogens (tertiary/aromatic N) is 2. The summed E-state index contributed by atoms with van der Waals surface area (Å²) in [4.78, 5) is 40.0. The van der Waals surface area contributed by atoms with Gasteiger partial charge in [0.05, 0.1) is 22.8 Å². The van der Waals surface area contributed by atoms with Gasteiger partial charge in [-0.05, 0) is 98.2 Å². The van der Waals surface area contributed by atoms with Gasteiger partial charge in [0.15, 0.2) is 0 Å². The summed E-state index contributed by atoms with van der Waals surface area (Å²) >= 11 is 0. The smallest absolute Gasteiger partial charge is 0.303 e. The Morgan fingerprint density at radius 2 is 1.26 bits per heavy atom. The summed E-state index contributed by atoms with van der Waals surface area (Å²) in [6.07, 6.45) is 4.22. The molecule has 2 aliphatic heterocycles. The molecule has 9 heteroatoms. The van der Waals surface area contributed by atoms with Gasteiger partial charge in [0, 0.05) is 66.5 Å². The largest absolute Gasteiger partial charge is 0.481 e. The van der Waals surface area contributed by atoms with Crippen LogP contribution in [0, 0.1) is 13.8 Å². The number of aromatic amines is 2. The molecule has 43 heavy (non-hydrogen) atoms. The topological polar surface area (TPSA) is 132 Å². The number of aryl methyl sites for hydroxylation is 3. The molecule has 0 amide bonds. The van der Waals surface area contributed by atoms with Gasteiger partial charge < -0.3 is 20.2 Å². The van der Waals surface area contributed by atoms with Crippen LogP contribution in [0.15, 0.2) is 43.5 Å². The maximum atomic E-state index is 11.5. The van der Waals surface area contributed by atoms with Gasteiger partial charge in [0.1, 0.15) is 0 Å². The Hall–Kier alpha value is -4.32. The zero-order chi connectivity index (χ0) is 30.3. The minimum Gasteiger partial charge on any atom is -0.481 e. The van der Waals surface area contributed by atoms with Crippen LogP contribution in [0.25, 0.3) is 50.4 Å². The van der Waals surface area contributed by atoms with E-state index in [1.54, 1.807) is 6.08 Å². The molecule has 0 aliphatic carbocycles. The van der Waals surface area contributed by atoms with E-state index in [1.165, 1.54) is 0 Å². The van der Waals surface area contributed by atoms with Crippen molar-refractivity contribution in [1.29, 1.82) is 0 Å². The van der Waals surface area contributed by atoms with Crippen molar-refractivity contribution in [1.82, 2.24) is 19.9 Å². The van der Waals surface area contributed by atoms with Gasteiger partial charge in [0.2, 0.25) is 0 Å². The van der Waals surface area contributed by atoms with Gasteiger partial charge in [-0.25, -0.2) is 9.97 Å². The molecule has 5 heterocycles. The van der Waals surface area contributed by atoms with E-state index < -0.39 is 11.9 Å². The molecule has 0 fully saturated rings. The molecule has 4 N–H and O–H groups in total. The third-order valence-corrected chi connectivity index (χ3v) is 8.22. The number of hydrogen-bond acceptors (Lipinski definition) is 4. The van der Waals surface area contributed by atoms with Gasteiger partial charge in [-0.2, -0.15) is 0 Å². The van der Waals surface area contributed by atoms with Crippen molar-refractivity contribution in [2.75, 3.05) is 0 Å². The van der Waals surface area contributed by atoms with Crippen LogP contribution in [0.3, 0.4) is 0 Å². The number of carbonyl (C=O) groups is 2. The van der Waals surface area contributed by atoms with Crippen molar-refractivity contribution < 1.29 is 40.2 Å². The van der Waals surface area contributed by atoms with E-state index in [1.807, 2.05) is 58.0 Å². The molecule has 0 saturated carbocycles. The van der Waals surface area contributed by atoms with E-state index in [0.29, 0.717) is 18.5 Å². The minimum atomic E-state index is -0.883. The molecule has 5 rings (SSSR count). The fourth-order valence-electron chi connectivity index (χ4n) is 5.77. The van der Waals surface area contributed by atoms with Gasteiger partial charge >= 0.3 is 11.9 Å². The summed E-state index contributed by atoms with van der Waals surface area (Å²) in [5, 5.41) is 18.9. The van der Waals surface area contributed by atoms with Crippen LogP contribution in [-0.2, 0) is 36.4 Å². The molecule has 3 aromatic rings. The first-order valence-electron chi connectivity index (χ1n) is 13.9. The minimum absolute atomic E-state index is 0. The summed E-state index contributed by atoms with van der Waals surface area (Å²) in [6, 6.07) is 7.88. The van der Waals surface area contributed by atoms with Crippen molar-refractivity contribution in [3.8, 4) is 0 Å². The maximum absolute atomic E-state index is 11.5. The Labute approximate surface area is 263 Å². The molecule has 0 saturated heterocycles. The second-order valence-corrected chi connectivity index (χ2v) is 10.7. The molecule has 0 unspecified atom stereocenters. The molecule has 8 bridgehead atoms. The summed E-state index contributed by atoms with van der Waals surface area (Å²) < 4.78 is 0. The van der Waals surface area contributed by atoms with Crippen LogP contribution in [-0.4, -0.2) is 42.1 Å². The quantitative estimate of drug-likeness (QED) is 0.184. The first kappa shape index (κ1) is 31.6. The number of hydrogen-bond donors (Lipinski definition) is 4. The average Bonchev–Trinajstić information content (AvgIpc) is 3.59. The van der Waals surface area contributed by atoms with Crippen molar-refractivity contribution >= 4 is 62.4 Å². The molecule has 0 aromatic carbocycles. The van der Waals surface area contributed by atoms with E-state index in [-0.39, 0.29) is 33.3 Å². The van der Waals surface area contributed by atoms with Gasteiger partial charge in [-0.3, -0.25) is 9.59 Å². The zero-order valence-electron chi connectivity index (χ0n) is 24.6. The standard InChI is InChI=1S/C34H34N4O4.Pd/c1-7-21-17(3)25-13-26-19(5)23(9-11-33(39)40)31(37-26)16-32-24(10-12-34(41)42)20(6)28(38-32)15-30-22(8-2)18(4)27(36-30)14-29(21)35-25;/h7-8,13-16,35,38H,1-2,9-12H2,3-6H3,(H,39,40)(H,41,42);. The summed E-state index contributed by atoms with van der Waals surface area (Å²) in [7, 11) is 0. The van der Waals surface area contributed by atoms with Crippen molar-refractivity contribution in [3.63, 3.8) is 0 Å². The number of rotatable bonds is 8. The molecule has 224 valence electrons. The number of fused-ring (bicyclic) bond motifs is 8. The molecular weight excluding hydrogens is 635 g/mol. The summed E-state index contributed by atoms with van der Waals surface area (Å²) in [5.74, 6) is -1.76. The summed E-state index contributed by atoms with van der Waals surface area (Å²) in [6.45, 7) is 16.0. The number of aliphatic carboxylic acids is 2. The van der Waals surface area contributed by atoms with Gasteiger partial charge in [-0.15, -0.1) is 0 Å². The van der Waals surface area contributed by atoms with Gasteiger partial charge in [0.25, 0.3) is 0 Å². The third kappa shape index (κ3) is 5.97. The van der Waals surface area contributed by atoms with Crippen molar-refractivity contribution in [3.05, 3.63) is 88.5 Å². The van der Waals surface area contributed by atoms with Crippen LogP contribution < -0.4 is 0 Å². The Morgan fingerprint density at radius 3 is 1.91 bits per heavy atom. The van der Waals surface area contributed by atoms with Crippen LogP contribution in [0.2, 0.25) is 0 Å². The normalized spacial score (nSPS) is 12.7. The fraction of sp³-hybridized carbons (Fsp3) is 0.235. The number of carboxylic acid groups (broad SMARTS) is 2. The first-order valence-corrected chi connectivity index (χ1v) is 13.9. The predicted octanol–water partition coefficient (Wildman–Crippen LogP) is 7.50. The van der Waals surface area contributed by atoms with E-state index in [2.05, 4.69) is 23.1 Å². The number of aromatic nitrogens is 4. The first-order chi connectivity index (χ1) is 20.0. The maximum Gasteiger partial charge on any atom is 0.303 e. The second kappa shape index (κ2) is 12.5. The Balaban J connectivity index is 0.00000423. The SMILES string of the molecule is C=CC1=C(C)c2cc3[nH]c(cc4nc(cc5[nH]c(cc1n2)c(C)c5CCC(=O)O)C(CCC(=O)O)=C4C)c(C)c3C=C.[Pd]. The van der Waals surface area contributed by atoms with Crippen molar-refractivity contribution in [2.24, 2.45) is 0 Å². The predicted molar refractivity (Wildman–Crippen MR) is 169 cm³/mol. The number of H-pyrrole nitrogens is 2. The molecule has 0 spiro atoms. The number of allylic oxidation sites excluding steroid dienone is 5. The third-order valence-electron chi connectivity index (χ3n) is 8.22. The molecule has 0 atom stereocenters. The van der Waals surface area contributed by atoms with E-state index in [9.17, 15) is 19.8 Å². The molecule has 3 aromatic heterocycles. The molecule has 0 radical (unpaired) electrons. The fourth-order valence-corrected chi connectivity index (χ4v) is 5.77. The van der Waals surface area contributed by atoms with Crippen LogP contribution in [0.5, 0.6) is 0 Å². The Morgan fingerprint density at radius 1 is 0.721 bits per heavy atom. The van der Waals surface area contributed by atoms with E-state index in [4.69, 9.17) is 9.97 Å². The van der Waals surface area contributed by atoms with Crippen LogP contribution >= 0.6 is 0 Å². The Kier molecular flexibility index (Phi) is 9.19. The van der Waals surface area contributed by atoms with E-state index in [0.717, 1.165) is 83.7 Å². The number of nitrogens with one attached hydrogen (secondary N) is 2. The van der Waals surface area contributed by atoms with Crippen LogP contribution in [0.1, 0.15) is 78.1 Å². The average molecular weight is 669 g/mol. The zero-order valence-corrected chi connectivity index (χ0v) is 26.2. The summed E-state index contributed by atoms with van der Waals surface area (Å²) in [5.41, 5.74) is 13.7. The van der Waals surface area contributed by atoms with Crippen LogP contribution in [0.4, 0.5) is 0 Å². The number of carboxylic acids is 2. The van der Waals surface area contributed by atoms with Gasteiger partial charge in [-0.1, -0.05) is 25.3 Å². The monoisotopic (exact) mass is 668 g/mol.